The molecule has 0 atom stereocenters. The summed E-state index contributed by atoms with van der Waals surface area (Å²) >= 11 is 1.25. The van der Waals surface area contributed by atoms with Crippen LogP contribution in [-0.2, 0) is 23.2 Å². The van der Waals surface area contributed by atoms with Crippen LogP contribution in [0.5, 0.6) is 0 Å². The van der Waals surface area contributed by atoms with Gasteiger partial charge in [0, 0.05) is 39.3 Å². The highest BCUT2D eigenvalue weighted by Crippen LogP contribution is 2.33. The van der Waals surface area contributed by atoms with Gasteiger partial charge in [0.05, 0.1) is 22.5 Å². The first-order valence-corrected chi connectivity index (χ1v) is 13.1. The van der Waals surface area contributed by atoms with Crippen molar-refractivity contribution in [2.75, 3.05) is 26.2 Å². The Bertz CT molecular complexity index is 1550. The van der Waals surface area contributed by atoms with Crippen molar-refractivity contribution in [3.05, 3.63) is 52.9 Å². The number of nitrogens with zero attached hydrogens (tertiary/aromatic N) is 7. The number of sulfonamides is 1. The summed E-state index contributed by atoms with van der Waals surface area (Å²) in [6.07, 6.45) is -3.43. The number of amides is 1. The van der Waals surface area contributed by atoms with Crippen molar-refractivity contribution in [1.82, 2.24) is 33.6 Å². The Balaban J connectivity index is 1.40. The number of carbonyl (C=O) groups is 1. The minimum atomic E-state index is -4.72. The molecule has 0 unspecified atom stereocenters. The first-order chi connectivity index (χ1) is 17.0. The predicted molar refractivity (Wildman–Crippen MR) is 124 cm³/mol. The summed E-state index contributed by atoms with van der Waals surface area (Å²) in [7, 11) is -2.16. The Morgan fingerprint density at radius 1 is 1.14 bits per heavy atom. The van der Waals surface area contributed by atoms with Crippen molar-refractivity contribution in [3.63, 3.8) is 0 Å². The number of hydrogen-bond donors (Lipinski definition) is 0. The molecular formula is C21H20F3N7O3S2. The molecule has 0 spiro atoms. The number of halogens is 3. The van der Waals surface area contributed by atoms with Crippen LogP contribution in [0.15, 0.2) is 40.7 Å². The van der Waals surface area contributed by atoms with Crippen molar-refractivity contribution in [3.8, 4) is 10.6 Å². The van der Waals surface area contributed by atoms with E-state index in [1.807, 2.05) is 0 Å². The summed E-state index contributed by atoms with van der Waals surface area (Å²) in [4.78, 5) is 19.4. The van der Waals surface area contributed by atoms with E-state index in [4.69, 9.17) is 0 Å². The number of aromatic nitrogens is 5. The average Bonchev–Trinajstić information content (AvgIpc) is 3.58. The van der Waals surface area contributed by atoms with E-state index in [1.165, 1.54) is 37.5 Å². The van der Waals surface area contributed by atoms with Crippen molar-refractivity contribution < 1.29 is 26.4 Å². The summed E-state index contributed by atoms with van der Waals surface area (Å²) in [5.74, 6) is -0.596. The molecule has 1 saturated heterocycles. The molecule has 190 valence electrons. The van der Waals surface area contributed by atoms with Crippen LogP contribution in [0.4, 0.5) is 13.2 Å². The third kappa shape index (κ3) is 4.16. The number of fused-ring (bicyclic) bond motifs is 1. The van der Waals surface area contributed by atoms with E-state index in [2.05, 4.69) is 15.2 Å². The summed E-state index contributed by atoms with van der Waals surface area (Å²) in [5, 5.41) is 9.62. The molecule has 1 fully saturated rings. The molecule has 4 aromatic rings. The largest absolute Gasteiger partial charge is 0.433 e. The number of piperazine rings is 1. The van der Waals surface area contributed by atoms with Gasteiger partial charge in [-0.15, -0.1) is 11.3 Å². The fourth-order valence-corrected chi connectivity index (χ4v) is 6.29. The molecule has 0 saturated carbocycles. The van der Waals surface area contributed by atoms with E-state index in [0.29, 0.717) is 15.1 Å². The van der Waals surface area contributed by atoms with Crippen LogP contribution in [-0.4, -0.2) is 74.1 Å². The van der Waals surface area contributed by atoms with E-state index in [-0.39, 0.29) is 48.1 Å². The first-order valence-electron chi connectivity index (χ1n) is 10.8. The lowest BCUT2D eigenvalue weighted by Gasteiger charge is -2.33. The maximum absolute atomic E-state index is 13.8. The molecule has 4 aromatic heterocycles. The van der Waals surface area contributed by atoms with Crippen LogP contribution in [0.25, 0.3) is 16.2 Å². The topological polar surface area (TPSA) is 106 Å². The molecule has 5 heterocycles. The Kier molecular flexibility index (Phi) is 5.88. The first kappa shape index (κ1) is 24.4. The van der Waals surface area contributed by atoms with Gasteiger partial charge in [0.15, 0.2) is 17.0 Å². The van der Waals surface area contributed by atoms with Crippen LogP contribution in [0.2, 0.25) is 0 Å². The molecule has 0 aromatic carbocycles. The molecule has 1 aliphatic heterocycles. The zero-order valence-electron chi connectivity index (χ0n) is 19.1. The van der Waals surface area contributed by atoms with E-state index in [0.717, 1.165) is 6.07 Å². The predicted octanol–water partition coefficient (Wildman–Crippen LogP) is 2.67. The SMILES string of the molecule is Cc1c(S(=O)(=O)N2CCN(C(=O)c3cc4nc(-c5cccs5)cc(C(F)(F)F)n4n3)CC2)cnn1C. The molecule has 0 bridgehead atoms. The van der Waals surface area contributed by atoms with Gasteiger partial charge in [-0.1, -0.05) is 6.07 Å². The fourth-order valence-electron chi connectivity index (χ4n) is 4.00. The Morgan fingerprint density at radius 2 is 1.86 bits per heavy atom. The van der Waals surface area contributed by atoms with Crippen LogP contribution < -0.4 is 0 Å². The highest BCUT2D eigenvalue weighted by atomic mass is 32.2. The number of rotatable bonds is 4. The number of alkyl halides is 3. The summed E-state index contributed by atoms with van der Waals surface area (Å²) in [6.45, 7) is 1.83. The summed E-state index contributed by atoms with van der Waals surface area (Å²) in [6, 6.07) is 5.49. The normalized spacial score (nSPS) is 15.6. The van der Waals surface area contributed by atoms with Gasteiger partial charge in [-0.25, -0.2) is 17.9 Å². The van der Waals surface area contributed by atoms with Gasteiger partial charge in [-0.3, -0.25) is 9.48 Å². The zero-order valence-corrected chi connectivity index (χ0v) is 20.7. The summed E-state index contributed by atoms with van der Waals surface area (Å²) < 4.78 is 70.7. The molecule has 1 aliphatic rings. The van der Waals surface area contributed by atoms with Gasteiger partial charge < -0.3 is 4.90 Å². The number of carbonyl (C=O) groups excluding carboxylic acids is 1. The highest BCUT2D eigenvalue weighted by Gasteiger charge is 2.37. The monoisotopic (exact) mass is 539 g/mol. The van der Waals surface area contributed by atoms with E-state index < -0.39 is 27.8 Å². The van der Waals surface area contributed by atoms with Gasteiger partial charge in [0.25, 0.3) is 5.91 Å². The minimum absolute atomic E-state index is 0.0321. The van der Waals surface area contributed by atoms with Gasteiger partial charge in [0.2, 0.25) is 10.0 Å². The van der Waals surface area contributed by atoms with Crippen molar-refractivity contribution in [1.29, 1.82) is 0 Å². The lowest BCUT2D eigenvalue weighted by Crippen LogP contribution is -2.50. The number of aryl methyl sites for hydroxylation is 1. The lowest BCUT2D eigenvalue weighted by molar-refractivity contribution is -0.142. The Morgan fingerprint density at radius 3 is 2.44 bits per heavy atom. The molecule has 1 amide bonds. The number of hydrogen-bond acceptors (Lipinski definition) is 7. The minimum Gasteiger partial charge on any atom is -0.335 e. The Labute approximate surface area is 207 Å². The quantitative estimate of drug-likeness (QED) is 0.395. The summed E-state index contributed by atoms with van der Waals surface area (Å²) in [5.41, 5.74) is -0.723. The molecule has 10 nitrogen and oxygen atoms in total. The molecule has 15 heteroatoms. The van der Waals surface area contributed by atoms with Crippen LogP contribution in [0, 0.1) is 6.92 Å². The molecule has 0 aliphatic carbocycles. The van der Waals surface area contributed by atoms with Gasteiger partial charge in [-0.05, 0) is 24.4 Å². The second-order valence-corrected chi connectivity index (χ2v) is 11.1. The molecule has 5 rings (SSSR count). The van der Waals surface area contributed by atoms with Gasteiger partial charge in [0.1, 0.15) is 4.90 Å². The smallest absolute Gasteiger partial charge is 0.335 e. The van der Waals surface area contributed by atoms with Gasteiger partial charge in [-0.2, -0.15) is 27.7 Å². The standard InChI is InChI=1S/C21H20F3N7O3S2/c1-13-17(12-25-28(13)2)36(33,34)30-7-5-29(6-8-30)20(32)15-11-19-26-14(16-4-3-9-35-16)10-18(21(22,23)24)31(19)27-15/h3-4,9-12H,5-8H2,1-2H3. The third-order valence-electron chi connectivity index (χ3n) is 6.04. The van der Waals surface area contributed by atoms with Gasteiger partial charge >= 0.3 is 6.18 Å². The second kappa shape index (κ2) is 8.67. The lowest BCUT2D eigenvalue weighted by atomic mass is 10.2. The third-order valence-corrected chi connectivity index (χ3v) is 8.94. The molecule has 0 N–H and O–H groups in total. The van der Waals surface area contributed by atoms with E-state index in [1.54, 1.807) is 31.5 Å². The zero-order chi connectivity index (χ0) is 25.8. The van der Waals surface area contributed by atoms with Crippen LogP contribution in [0.1, 0.15) is 21.9 Å². The van der Waals surface area contributed by atoms with E-state index in [9.17, 15) is 26.4 Å². The maximum atomic E-state index is 13.8. The van der Waals surface area contributed by atoms with Crippen molar-refractivity contribution in [2.45, 2.75) is 18.0 Å². The van der Waals surface area contributed by atoms with E-state index >= 15 is 0 Å². The Hall–Kier alpha value is -3.30. The number of thiophene rings is 1. The average molecular weight is 540 g/mol. The van der Waals surface area contributed by atoms with Crippen LogP contribution >= 0.6 is 11.3 Å². The van der Waals surface area contributed by atoms with Crippen LogP contribution in [0.3, 0.4) is 0 Å². The molecule has 36 heavy (non-hydrogen) atoms. The molecular weight excluding hydrogens is 519 g/mol. The maximum Gasteiger partial charge on any atom is 0.433 e. The van der Waals surface area contributed by atoms with Crippen molar-refractivity contribution >= 4 is 32.9 Å². The fraction of sp³-hybridized carbons (Fsp3) is 0.333. The molecule has 0 radical (unpaired) electrons. The second-order valence-electron chi connectivity index (χ2n) is 8.22. The highest BCUT2D eigenvalue weighted by molar-refractivity contribution is 7.89. The van der Waals surface area contributed by atoms with Crippen molar-refractivity contribution in [2.24, 2.45) is 7.05 Å².